The van der Waals surface area contributed by atoms with Crippen LogP contribution in [-0.4, -0.2) is 40.3 Å². The molecule has 2 aliphatic rings. The van der Waals surface area contributed by atoms with Gasteiger partial charge in [-0.2, -0.15) is 4.98 Å². The van der Waals surface area contributed by atoms with E-state index in [-0.39, 0.29) is 19.2 Å². The molecule has 10 heteroatoms. The molecular weight excluding hydrogens is 466 g/mol. The van der Waals surface area contributed by atoms with Crippen molar-refractivity contribution >= 4 is 32.7 Å². The number of nitrogens with one attached hydrogen (secondary N) is 1. The number of anilines is 1. The molecule has 0 atom stereocenters. The van der Waals surface area contributed by atoms with Crippen LogP contribution in [0.15, 0.2) is 53.3 Å². The zero-order chi connectivity index (χ0) is 23.8. The molecule has 2 aromatic heterocycles. The average molecular weight is 490 g/mol. The molecule has 4 aromatic rings. The third kappa shape index (κ3) is 4.21. The molecular formula is C25H23N5O4S. The maximum absolute atomic E-state index is 13.1. The van der Waals surface area contributed by atoms with E-state index in [4.69, 9.17) is 14.5 Å². The van der Waals surface area contributed by atoms with Gasteiger partial charge in [0.1, 0.15) is 22.6 Å². The third-order valence-electron chi connectivity index (χ3n) is 6.16. The monoisotopic (exact) mass is 489 g/mol. The van der Waals surface area contributed by atoms with Crippen LogP contribution in [0.5, 0.6) is 11.5 Å². The Morgan fingerprint density at radius 2 is 1.83 bits per heavy atom. The summed E-state index contributed by atoms with van der Waals surface area (Å²) in [6, 6.07) is 15.1. The number of thiazole rings is 1. The molecule has 178 valence electrons. The van der Waals surface area contributed by atoms with Crippen molar-refractivity contribution in [1.82, 2.24) is 19.9 Å². The van der Waals surface area contributed by atoms with Crippen molar-refractivity contribution in [1.29, 1.82) is 0 Å². The molecule has 1 amide bonds. The Labute approximate surface area is 205 Å². The normalized spacial score (nSPS) is 14.6. The molecule has 9 nitrogen and oxygen atoms in total. The van der Waals surface area contributed by atoms with Crippen molar-refractivity contribution in [3.8, 4) is 22.8 Å². The van der Waals surface area contributed by atoms with Gasteiger partial charge in [-0.3, -0.25) is 9.36 Å². The lowest BCUT2D eigenvalue weighted by molar-refractivity contribution is -0.121. The van der Waals surface area contributed by atoms with Gasteiger partial charge < -0.3 is 19.7 Å². The van der Waals surface area contributed by atoms with Crippen molar-refractivity contribution in [2.75, 3.05) is 24.8 Å². The molecule has 4 heterocycles. The number of amides is 1. The number of rotatable bonds is 6. The molecule has 0 bridgehead atoms. The van der Waals surface area contributed by atoms with E-state index in [1.807, 2.05) is 48.5 Å². The van der Waals surface area contributed by atoms with Crippen LogP contribution in [0.4, 0.5) is 5.13 Å². The highest BCUT2D eigenvalue weighted by molar-refractivity contribution is 7.22. The van der Waals surface area contributed by atoms with Crippen LogP contribution >= 0.6 is 11.3 Å². The zero-order valence-corrected chi connectivity index (χ0v) is 19.7. The van der Waals surface area contributed by atoms with Gasteiger partial charge in [-0.1, -0.05) is 47.7 Å². The minimum Gasteiger partial charge on any atom is -0.454 e. The number of carbonyl (C=O) groups is 1. The number of nitrogens with zero attached hydrogens (tertiary/aromatic N) is 4. The van der Waals surface area contributed by atoms with Crippen molar-refractivity contribution in [3.63, 3.8) is 0 Å². The molecule has 1 saturated heterocycles. The van der Waals surface area contributed by atoms with Crippen molar-refractivity contribution in [2.45, 2.75) is 25.9 Å². The number of hydrogen-bond donors (Lipinski definition) is 1. The van der Waals surface area contributed by atoms with Gasteiger partial charge in [0.05, 0.1) is 0 Å². The summed E-state index contributed by atoms with van der Waals surface area (Å²) in [5, 5.41) is 3.75. The van der Waals surface area contributed by atoms with E-state index >= 15 is 0 Å². The highest BCUT2D eigenvalue weighted by Crippen LogP contribution is 2.35. The lowest BCUT2D eigenvalue weighted by atomic mass is 10.1. The molecule has 35 heavy (non-hydrogen) atoms. The SMILES string of the molecule is O=C(Cn1c(=O)nc(-c2ccccc2)c2nc(N3CCCC3)sc21)NCc1ccc2c(c1)OCO2. The second kappa shape index (κ2) is 9.03. The molecule has 0 unspecified atom stereocenters. The van der Waals surface area contributed by atoms with Gasteiger partial charge in [-0.05, 0) is 30.5 Å². The predicted molar refractivity (Wildman–Crippen MR) is 133 cm³/mol. The zero-order valence-electron chi connectivity index (χ0n) is 18.9. The first-order valence-electron chi connectivity index (χ1n) is 11.5. The minimum absolute atomic E-state index is 0.135. The van der Waals surface area contributed by atoms with Crippen LogP contribution in [-0.2, 0) is 17.9 Å². The second-order valence-corrected chi connectivity index (χ2v) is 9.46. The summed E-state index contributed by atoms with van der Waals surface area (Å²) in [6.45, 7) is 2.25. The third-order valence-corrected chi connectivity index (χ3v) is 7.30. The second-order valence-electron chi connectivity index (χ2n) is 8.50. The van der Waals surface area contributed by atoms with Gasteiger partial charge in [0.2, 0.25) is 12.7 Å². The fraction of sp³-hybridized carbons (Fsp3) is 0.280. The van der Waals surface area contributed by atoms with E-state index in [9.17, 15) is 9.59 Å². The van der Waals surface area contributed by atoms with Crippen LogP contribution in [0.1, 0.15) is 18.4 Å². The summed E-state index contributed by atoms with van der Waals surface area (Å²) in [4.78, 5) is 38.1. The lowest BCUT2D eigenvalue weighted by Crippen LogP contribution is -2.33. The van der Waals surface area contributed by atoms with Gasteiger partial charge in [0, 0.05) is 25.2 Å². The largest absolute Gasteiger partial charge is 0.454 e. The highest BCUT2D eigenvalue weighted by atomic mass is 32.1. The Kier molecular flexibility index (Phi) is 5.57. The Bertz CT molecular complexity index is 1460. The molecule has 2 aromatic carbocycles. The smallest absolute Gasteiger partial charge is 0.349 e. The summed E-state index contributed by atoms with van der Waals surface area (Å²) in [5.41, 5.74) is 2.43. The van der Waals surface area contributed by atoms with E-state index in [1.54, 1.807) is 0 Å². The summed E-state index contributed by atoms with van der Waals surface area (Å²) >= 11 is 1.44. The van der Waals surface area contributed by atoms with Crippen LogP contribution in [0, 0.1) is 0 Å². The lowest BCUT2D eigenvalue weighted by Gasteiger charge is -2.11. The van der Waals surface area contributed by atoms with Gasteiger partial charge in [-0.25, -0.2) is 9.78 Å². The molecule has 1 fully saturated rings. The van der Waals surface area contributed by atoms with Crippen LogP contribution in [0.3, 0.4) is 0 Å². The summed E-state index contributed by atoms with van der Waals surface area (Å²) in [6.07, 6.45) is 2.24. The molecule has 0 spiro atoms. The summed E-state index contributed by atoms with van der Waals surface area (Å²) in [7, 11) is 0. The van der Waals surface area contributed by atoms with E-state index in [2.05, 4.69) is 15.2 Å². The van der Waals surface area contributed by atoms with Gasteiger partial charge in [0.25, 0.3) is 0 Å². The Morgan fingerprint density at radius 1 is 1.03 bits per heavy atom. The Morgan fingerprint density at radius 3 is 2.66 bits per heavy atom. The predicted octanol–water partition coefficient (Wildman–Crippen LogP) is 3.17. The number of carbonyl (C=O) groups excluding carboxylic acids is 1. The van der Waals surface area contributed by atoms with E-state index in [0.717, 1.165) is 42.2 Å². The topological polar surface area (TPSA) is 98.6 Å². The highest BCUT2D eigenvalue weighted by Gasteiger charge is 2.23. The van der Waals surface area contributed by atoms with Gasteiger partial charge in [-0.15, -0.1) is 0 Å². The summed E-state index contributed by atoms with van der Waals surface area (Å²) < 4.78 is 12.2. The first-order chi connectivity index (χ1) is 17.2. The quantitative estimate of drug-likeness (QED) is 0.444. The van der Waals surface area contributed by atoms with Gasteiger partial charge in [0.15, 0.2) is 16.6 Å². The van der Waals surface area contributed by atoms with Crippen molar-refractivity contribution < 1.29 is 14.3 Å². The fourth-order valence-corrected chi connectivity index (χ4v) is 5.48. The molecule has 6 rings (SSSR count). The van der Waals surface area contributed by atoms with Crippen LogP contribution < -0.4 is 25.4 Å². The minimum atomic E-state index is -0.466. The van der Waals surface area contributed by atoms with Crippen molar-refractivity contribution in [2.24, 2.45) is 0 Å². The van der Waals surface area contributed by atoms with Crippen LogP contribution in [0.2, 0.25) is 0 Å². The Balaban J connectivity index is 1.30. The number of ether oxygens (including phenoxy) is 2. The molecule has 0 aliphatic carbocycles. The van der Waals surface area contributed by atoms with E-state index in [1.165, 1.54) is 15.9 Å². The summed E-state index contributed by atoms with van der Waals surface area (Å²) in [5.74, 6) is 1.07. The number of fused-ring (bicyclic) bond motifs is 2. The Hall–Kier alpha value is -3.92. The van der Waals surface area contributed by atoms with Crippen LogP contribution in [0.25, 0.3) is 21.6 Å². The number of benzene rings is 2. The average Bonchev–Trinajstić information content (AvgIpc) is 3.65. The molecule has 0 radical (unpaired) electrons. The van der Waals surface area contributed by atoms with E-state index in [0.29, 0.717) is 34.1 Å². The first kappa shape index (κ1) is 21.6. The maximum Gasteiger partial charge on any atom is 0.349 e. The molecule has 1 N–H and O–H groups in total. The molecule has 0 saturated carbocycles. The van der Waals surface area contributed by atoms with Crippen molar-refractivity contribution in [3.05, 3.63) is 64.6 Å². The first-order valence-corrected chi connectivity index (χ1v) is 12.3. The maximum atomic E-state index is 13.1. The molecule has 2 aliphatic heterocycles. The number of aromatic nitrogens is 3. The standard InChI is InChI=1S/C25H23N5O4S/c31-20(26-13-16-8-9-18-19(12-16)34-15-33-18)14-30-23-22(28-25(35-23)29-10-4-5-11-29)21(27-24(30)32)17-6-2-1-3-7-17/h1-3,6-9,12H,4-5,10-11,13-15H2,(H,26,31). The van der Waals surface area contributed by atoms with E-state index < -0.39 is 5.69 Å². The number of hydrogen-bond acceptors (Lipinski definition) is 8. The fourth-order valence-electron chi connectivity index (χ4n) is 4.37. The van der Waals surface area contributed by atoms with Gasteiger partial charge >= 0.3 is 5.69 Å².